The molecule has 0 aliphatic carbocycles. The standard InChI is InChI=1S/C19H22IN3O/c1-11(2)23(12(3)4)19(24)14-10-21-17-13-8-6-7-9-15(13)22(5)18(17)16(14)20/h6-12H,1-5H3. The number of nitrogens with zero attached hydrogens (tertiary/aromatic N) is 3. The summed E-state index contributed by atoms with van der Waals surface area (Å²) in [4.78, 5) is 19.6. The van der Waals surface area contributed by atoms with E-state index in [1.54, 1.807) is 6.20 Å². The van der Waals surface area contributed by atoms with Crippen LogP contribution in [0.5, 0.6) is 0 Å². The molecule has 0 bridgehead atoms. The van der Waals surface area contributed by atoms with E-state index in [2.05, 4.69) is 44.3 Å². The summed E-state index contributed by atoms with van der Waals surface area (Å²) in [6, 6.07) is 8.52. The zero-order valence-corrected chi connectivity index (χ0v) is 16.8. The highest BCUT2D eigenvalue weighted by atomic mass is 127. The SMILES string of the molecule is CC(C)N(C(=O)c1cnc2c3ccccc3n(C)c2c1I)C(C)C. The Bertz CT molecular complexity index is 919. The molecule has 0 atom stereocenters. The van der Waals surface area contributed by atoms with Gasteiger partial charge >= 0.3 is 0 Å². The number of hydrogen-bond acceptors (Lipinski definition) is 2. The number of aromatic nitrogens is 2. The van der Waals surface area contributed by atoms with Crippen LogP contribution >= 0.6 is 22.6 Å². The zero-order chi connectivity index (χ0) is 17.6. The first-order valence-corrected chi connectivity index (χ1v) is 9.26. The summed E-state index contributed by atoms with van der Waals surface area (Å²) in [5, 5.41) is 1.12. The lowest BCUT2D eigenvalue weighted by Crippen LogP contribution is -2.42. The molecule has 24 heavy (non-hydrogen) atoms. The van der Waals surface area contributed by atoms with Crippen molar-refractivity contribution in [3.05, 3.63) is 39.6 Å². The minimum absolute atomic E-state index is 0.0454. The van der Waals surface area contributed by atoms with Gasteiger partial charge in [0.25, 0.3) is 5.91 Å². The molecule has 3 aromatic rings. The fourth-order valence-corrected chi connectivity index (χ4v) is 4.41. The van der Waals surface area contributed by atoms with Gasteiger partial charge in [-0.1, -0.05) is 18.2 Å². The molecule has 1 aromatic carbocycles. The largest absolute Gasteiger partial charge is 0.341 e. The Hall–Kier alpha value is -1.63. The molecule has 0 saturated carbocycles. The van der Waals surface area contributed by atoms with Crippen molar-refractivity contribution >= 4 is 50.4 Å². The van der Waals surface area contributed by atoms with E-state index in [0.29, 0.717) is 5.56 Å². The second-order valence-electron chi connectivity index (χ2n) is 6.66. The van der Waals surface area contributed by atoms with Crippen molar-refractivity contribution in [1.82, 2.24) is 14.5 Å². The Labute approximate surface area is 156 Å². The van der Waals surface area contributed by atoms with Gasteiger partial charge in [0, 0.05) is 30.7 Å². The molecule has 5 heteroatoms. The average Bonchev–Trinajstić information content (AvgIpc) is 2.81. The lowest BCUT2D eigenvalue weighted by Gasteiger charge is -2.31. The van der Waals surface area contributed by atoms with E-state index >= 15 is 0 Å². The second-order valence-corrected chi connectivity index (χ2v) is 7.74. The molecule has 0 aliphatic rings. The number of halogens is 1. The summed E-state index contributed by atoms with van der Waals surface area (Å²) < 4.78 is 3.10. The molecule has 0 fully saturated rings. The molecule has 3 rings (SSSR count). The summed E-state index contributed by atoms with van der Waals surface area (Å²) in [6.07, 6.45) is 1.73. The smallest absolute Gasteiger partial charge is 0.257 e. The van der Waals surface area contributed by atoms with Crippen molar-refractivity contribution in [1.29, 1.82) is 0 Å². The van der Waals surface area contributed by atoms with Crippen LogP contribution in [-0.4, -0.2) is 32.4 Å². The third-order valence-electron chi connectivity index (χ3n) is 4.42. The van der Waals surface area contributed by atoms with E-state index in [1.807, 2.05) is 51.8 Å². The summed E-state index contributed by atoms with van der Waals surface area (Å²) >= 11 is 2.29. The first kappa shape index (κ1) is 17.2. The Kier molecular flexibility index (Phi) is 4.55. The van der Waals surface area contributed by atoms with Gasteiger partial charge in [0.15, 0.2) is 0 Å². The Morgan fingerprint density at radius 2 is 1.79 bits per heavy atom. The fraction of sp³-hybridized carbons (Fsp3) is 0.368. The summed E-state index contributed by atoms with van der Waals surface area (Å²) in [5.41, 5.74) is 3.79. The van der Waals surface area contributed by atoms with Crippen LogP contribution in [0.1, 0.15) is 38.1 Å². The summed E-state index contributed by atoms with van der Waals surface area (Å²) in [5.74, 6) is 0.0454. The van der Waals surface area contributed by atoms with E-state index in [-0.39, 0.29) is 18.0 Å². The van der Waals surface area contributed by atoms with Crippen LogP contribution in [0.2, 0.25) is 0 Å². The van der Waals surface area contributed by atoms with E-state index < -0.39 is 0 Å². The van der Waals surface area contributed by atoms with Crippen LogP contribution in [0.3, 0.4) is 0 Å². The molecule has 0 N–H and O–H groups in total. The van der Waals surface area contributed by atoms with E-state index in [0.717, 1.165) is 25.5 Å². The van der Waals surface area contributed by atoms with Gasteiger partial charge in [-0.3, -0.25) is 9.78 Å². The molecule has 126 valence electrons. The number of para-hydroxylation sites is 1. The van der Waals surface area contributed by atoms with Gasteiger partial charge in [0.2, 0.25) is 0 Å². The fourth-order valence-electron chi connectivity index (χ4n) is 3.42. The highest BCUT2D eigenvalue weighted by Gasteiger charge is 2.25. The van der Waals surface area contributed by atoms with Gasteiger partial charge in [0.05, 0.1) is 25.7 Å². The predicted molar refractivity (Wildman–Crippen MR) is 107 cm³/mol. The Balaban J connectivity index is 2.24. The normalized spacial score (nSPS) is 11.8. The monoisotopic (exact) mass is 435 g/mol. The van der Waals surface area contributed by atoms with Crippen LogP contribution < -0.4 is 0 Å². The van der Waals surface area contributed by atoms with Crippen molar-refractivity contribution in [3.63, 3.8) is 0 Å². The van der Waals surface area contributed by atoms with Crippen LogP contribution in [-0.2, 0) is 7.05 Å². The first-order chi connectivity index (χ1) is 11.3. The van der Waals surface area contributed by atoms with Gasteiger partial charge in [0.1, 0.15) is 0 Å². The third-order valence-corrected chi connectivity index (χ3v) is 5.52. The van der Waals surface area contributed by atoms with E-state index in [4.69, 9.17) is 0 Å². The minimum atomic E-state index is 0.0454. The summed E-state index contributed by atoms with van der Waals surface area (Å²) in [7, 11) is 2.03. The minimum Gasteiger partial charge on any atom is -0.341 e. The molecule has 0 saturated heterocycles. The van der Waals surface area contributed by atoms with Crippen LogP contribution in [0, 0.1) is 3.57 Å². The third kappa shape index (κ3) is 2.59. The average molecular weight is 435 g/mol. The van der Waals surface area contributed by atoms with E-state index in [9.17, 15) is 4.79 Å². The number of benzene rings is 1. The maximum absolute atomic E-state index is 13.1. The van der Waals surface area contributed by atoms with Crippen molar-refractivity contribution in [2.45, 2.75) is 39.8 Å². The van der Waals surface area contributed by atoms with Crippen molar-refractivity contribution in [2.24, 2.45) is 7.05 Å². The van der Waals surface area contributed by atoms with Crippen molar-refractivity contribution in [3.8, 4) is 0 Å². The number of carbonyl (C=O) groups is 1. The number of pyridine rings is 1. The number of rotatable bonds is 3. The molecule has 0 aliphatic heterocycles. The van der Waals surface area contributed by atoms with Gasteiger partial charge in [-0.25, -0.2) is 0 Å². The number of amides is 1. The van der Waals surface area contributed by atoms with Crippen molar-refractivity contribution < 1.29 is 4.79 Å². The number of hydrogen-bond donors (Lipinski definition) is 0. The maximum atomic E-state index is 13.1. The lowest BCUT2D eigenvalue weighted by molar-refractivity contribution is 0.0642. The van der Waals surface area contributed by atoms with E-state index in [1.165, 1.54) is 0 Å². The van der Waals surface area contributed by atoms with Crippen LogP contribution in [0.4, 0.5) is 0 Å². The quantitative estimate of drug-likeness (QED) is 0.565. The van der Waals surface area contributed by atoms with Gasteiger partial charge in [-0.05, 0) is 56.4 Å². The predicted octanol–water partition coefficient (Wildman–Crippen LogP) is 4.59. The van der Waals surface area contributed by atoms with Gasteiger partial charge in [-0.15, -0.1) is 0 Å². The molecule has 1 amide bonds. The summed E-state index contributed by atoms with van der Waals surface area (Å²) in [6.45, 7) is 8.20. The highest BCUT2D eigenvalue weighted by molar-refractivity contribution is 14.1. The maximum Gasteiger partial charge on any atom is 0.257 e. The zero-order valence-electron chi connectivity index (χ0n) is 14.7. The van der Waals surface area contributed by atoms with Crippen LogP contribution in [0.25, 0.3) is 21.9 Å². The van der Waals surface area contributed by atoms with Crippen LogP contribution in [0.15, 0.2) is 30.5 Å². The van der Waals surface area contributed by atoms with Crippen molar-refractivity contribution in [2.75, 3.05) is 0 Å². The molecular weight excluding hydrogens is 413 g/mol. The lowest BCUT2D eigenvalue weighted by atomic mass is 10.1. The highest BCUT2D eigenvalue weighted by Crippen LogP contribution is 2.31. The van der Waals surface area contributed by atoms with Gasteiger partial charge < -0.3 is 9.47 Å². The first-order valence-electron chi connectivity index (χ1n) is 8.18. The molecular formula is C19H22IN3O. The molecule has 0 spiro atoms. The number of fused-ring (bicyclic) bond motifs is 3. The molecule has 2 heterocycles. The Morgan fingerprint density at radius 3 is 2.42 bits per heavy atom. The number of aryl methyl sites for hydroxylation is 1. The molecule has 4 nitrogen and oxygen atoms in total. The Morgan fingerprint density at radius 1 is 1.17 bits per heavy atom. The molecule has 2 aromatic heterocycles. The second kappa shape index (κ2) is 6.35. The molecule has 0 unspecified atom stereocenters. The molecule has 0 radical (unpaired) electrons. The number of carbonyl (C=O) groups excluding carboxylic acids is 1. The topological polar surface area (TPSA) is 38.1 Å². The van der Waals surface area contributed by atoms with Gasteiger partial charge in [-0.2, -0.15) is 0 Å².